The van der Waals surface area contributed by atoms with E-state index in [2.05, 4.69) is 4.98 Å². The molecule has 62 valence electrons. The Morgan fingerprint density at radius 3 is 2.67 bits per heavy atom. The molecule has 1 aromatic rings. The first-order valence-corrected chi connectivity index (χ1v) is 3.50. The number of hydrogen-bond acceptors (Lipinski definition) is 4. The number of rotatable bonds is 2. The molecule has 12 heavy (non-hydrogen) atoms. The van der Waals surface area contributed by atoms with Crippen LogP contribution in [0.5, 0.6) is 0 Å². The maximum Gasteiger partial charge on any atom is 0.492 e. The Balaban J connectivity index is 3.29. The van der Waals surface area contributed by atoms with Gasteiger partial charge in [0.15, 0.2) is 6.29 Å². The second kappa shape index (κ2) is 3.66. The van der Waals surface area contributed by atoms with Crippen molar-refractivity contribution >= 4 is 30.5 Å². The van der Waals surface area contributed by atoms with E-state index in [9.17, 15) is 4.79 Å². The highest BCUT2D eigenvalue weighted by Gasteiger charge is 2.20. The van der Waals surface area contributed by atoms with Gasteiger partial charge in [0.05, 0.1) is 0 Å². The fourth-order valence-corrected chi connectivity index (χ4v) is 1.06. The zero-order valence-electron chi connectivity index (χ0n) is 5.94. The summed E-state index contributed by atoms with van der Waals surface area (Å²) in [6, 6.07) is 1.38. The van der Waals surface area contributed by atoms with E-state index in [0.717, 1.165) is 0 Å². The molecule has 1 heterocycles. The lowest BCUT2D eigenvalue weighted by atomic mass is 9.79. The molecule has 1 aromatic heterocycles. The first-order chi connectivity index (χ1) is 5.66. The fourth-order valence-electron chi connectivity index (χ4n) is 0.814. The molecule has 6 heteroatoms. The monoisotopic (exact) mass is 185 g/mol. The summed E-state index contributed by atoms with van der Waals surface area (Å²) in [6.07, 6.45) is 1.73. The van der Waals surface area contributed by atoms with Gasteiger partial charge in [-0.25, -0.2) is 0 Å². The van der Waals surface area contributed by atoms with Crippen molar-refractivity contribution in [2.45, 2.75) is 0 Å². The van der Waals surface area contributed by atoms with Gasteiger partial charge in [0, 0.05) is 16.7 Å². The zero-order chi connectivity index (χ0) is 9.14. The second-order valence-corrected chi connectivity index (χ2v) is 2.49. The fraction of sp³-hybridized carbons (Fsp3) is 0. The molecular weight excluding hydrogens is 180 g/mol. The Labute approximate surface area is 74.0 Å². The topological polar surface area (TPSA) is 70.4 Å². The largest absolute Gasteiger partial charge is 0.492 e. The minimum atomic E-state index is -1.77. The highest BCUT2D eigenvalue weighted by molar-refractivity contribution is 6.63. The third-order valence-corrected chi connectivity index (χ3v) is 1.67. The van der Waals surface area contributed by atoms with Gasteiger partial charge in [-0.05, 0) is 6.07 Å². The summed E-state index contributed by atoms with van der Waals surface area (Å²) in [5.74, 6) is 0. The molecule has 0 bridgehead atoms. The Hall–Kier alpha value is -0.905. The van der Waals surface area contributed by atoms with Crippen molar-refractivity contribution in [2.24, 2.45) is 0 Å². The SMILES string of the molecule is O=Cc1nccc(Cl)c1B(O)O. The van der Waals surface area contributed by atoms with Gasteiger partial charge in [0.1, 0.15) is 5.69 Å². The Kier molecular flexibility index (Phi) is 2.81. The van der Waals surface area contributed by atoms with Crippen LogP contribution in [0.4, 0.5) is 0 Å². The van der Waals surface area contributed by atoms with E-state index >= 15 is 0 Å². The van der Waals surface area contributed by atoms with Crippen LogP contribution in [0.2, 0.25) is 5.02 Å². The van der Waals surface area contributed by atoms with Gasteiger partial charge < -0.3 is 10.0 Å². The minimum Gasteiger partial charge on any atom is -0.423 e. The smallest absolute Gasteiger partial charge is 0.423 e. The molecule has 0 unspecified atom stereocenters. The second-order valence-electron chi connectivity index (χ2n) is 2.08. The molecule has 0 radical (unpaired) electrons. The van der Waals surface area contributed by atoms with Crippen LogP contribution in [-0.2, 0) is 0 Å². The number of aromatic nitrogens is 1. The zero-order valence-corrected chi connectivity index (χ0v) is 6.69. The molecule has 4 nitrogen and oxygen atoms in total. The van der Waals surface area contributed by atoms with E-state index in [0.29, 0.717) is 6.29 Å². The van der Waals surface area contributed by atoms with Crippen molar-refractivity contribution in [1.82, 2.24) is 4.98 Å². The van der Waals surface area contributed by atoms with Crippen molar-refractivity contribution in [3.63, 3.8) is 0 Å². The molecule has 0 atom stereocenters. The first-order valence-electron chi connectivity index (χ1n) is 3.12. The summed E-state index contributed by atoms with van der Waals surface area (Å²) in [5, 5.41) is 17.7. The lowest BCUT2D eigenvalue weighted by molar-refractivity contribution is 0.111. The summed E-state index contributed by atoms with van der Waals surface area (Å²) in [6.45, 7) is 0. The van der Waals surface area contributed by atoms with Crippen molar-refractivity contribution in [3.05, 3.63) is 23.0 Å². The lowest BCUT2D eigenvalue weighted by Gasteiger charge is -2.03. The predicted octanol–water partition coefficient (Wildman–Crippen LogP) is -0.773. The first kappa shape index (κ1) is 9.19. The molecule has 0 fully saturated rings. The summed E-state index contributed by atoms with van der Waals surface area (Å²) in [7, 11) is -1.77. The quantitative estimate of drug-likeness (QED) is 0.469. The molecule has 0 aromatic carbocycles. The van der Waals surface area contributed by atoms with Gasteiger partial charge in [-0.1, -0.05) is 11.6 Å². The number of carbonyl (C=O) groups excluding carboxylic acids is 1. The van der Waals surface area contributed by atoms with E-state index in [-0.39, 0.29) is 16.2 Å². The van der Waals surface area contributed by atoms with Gasteiger partial charge in [-0.3, -0.25) is 9.78 Å². The number of nitrogens with zero attached hydrogens (tertiary/aromatic N) is 1. The van der Waals surface area contributed by atoms with Crippen LogP contribution in [0, 0.1) is 0 Å². The average Bonchev–Trinajstić information content (AvgIpc) is 2.03. The Morgan fingerprint density at radius 1 is 1.58 bits per heavy atom. The van der Waals surface area contributed by atoms with Crippen LogP contribution >= 0.6 is 11.6 Å². The highest BCUT2D eigenvalue weighted by Crippen LogP contribution is 2.04. The standard InChI is InChI=1S/C6H5BClNO3/c8-4-1-2-9-5(3-10)6(4)7(11)12/h1-3,11-12H. The van der Waals surface area contributed by atoms with Crippen LogP contribution in [0.15, 0.2) is 12.3 Å². The van der Waals surface area contributed by atoms with Gasteiger partial charge in [-0.15, -0.1) is 0 Å². The van der Waals surface area contributed by atoms with Gasteiger partial charge in [-0.2, -0.15) is 0 Å². The van der Waals surface area contributed by atoms with E-state index in [1.807, 2.05) is 0 Å². The van der Waals surface area contributed by atoms with Crippen molar-refractivity contribution in [2.75, 3.05) is 0 Å². The summed E-state index contributed by atoms with van der Waals surface area (Å²) in [4.78, 5) is 13.9. The molecule has 0 amide bonds. The van der Waals surface area contributed by atoms with Crippen LogP contribution < -0.4 is 5.46 Å². The summed E-state index contributed by atoms with van der Waals surface area (Å²) >= 11 is 5.58. The lowest BCUT2D eigenvalue weighted by Crippen LogP contribution is -2.34. The highest BCUT2D eigenvalue weighted by atomic mass is 35.5. The molecule has 0 aliphatic carbocycles. The van der Waals surface area contributed by atoms with Gasteiger partial charge in [0.2, 0.25) is 0 Å². The third-order valence-electron chi connectivity index (χ3n) is 1.34. The van der Waals surface area contributed by atoms with Crippen molar-refractivity contribution in [3.8, 4) is 0 Å². The van der Waals surface area contributed by atoms with Gasteiger partial charge >= 0.3 is 7.12 Å². The van der Waals surface area contributed by atoms with E-state index in [4.69, 9.17) is 21.6 Å². The van der Waals surface area contributed by atoms with E-state index < -0.39 is 7.12 Å². The van der Waals surface area contributed by atoms with Crippen LogP contribution in [0.25, 0.3) is 0 Å². The molecular formula is C6H5BClNO3. The maximum absolute atomic E-state index is 10.3. The normalized spacial score (nSPS) is 9.58. The number of halogens is 1. The van der Waals surface area contributed by atoms with Crippen LogP contribution in [0.3, 0.4) is 0 Å². The number of aldehydes is 1. The molecule has 0 aliphatic rings. The predicted molar refractivity (Wildman–Crippen MR) is 44.5 cm³/mol. The molecule has 0 spiro atoms. The molecule has 0 aliphatic heterocycles. The average molecular weight is 185 g/mol. The number of carbonyl (C=O) groups is 1. The molecule has 1 rings (SSSR count). The van der Waals surface area contributed by atoms with Crippen LogP contribution in [0.1, 0.15) is 10.5 Å². The third kappa shape index (κ3) is 1.63. The van der Waals surface area contributed by atoms with Crippen molar-refractivity contribution < 1.29 is 14.8 Å². The molecule has 0 saturated carbocycles. The number of hydrogen-bond donors (Lipinski definition) is 2. The van der Waals surface area contributed by atoms with E-state index in [1.165, 1.54) is 12.3 Å². The molecule has 0 saturated heterocycles. The summed E-state index contributed by atoms with van der Waals surface area (Å²) in [5.41, 5.74) is -0.119. The van der Waals surface area contributed by atoms with Crippen molar-refractivity contribution in [1.29, 1.82) is 0 Å². The Bertz CT molecular complexity index is 305. The van der Waals surface area contributed by atoms with Crippen LogP contribution in [-0.4, -0.2) is 28.4 Å². The Morgan fingerprint density at radius 2 is 2.25 bits per heavy atom. The minimum absolute atomic E-state index is 0.0579. The van der Waals surface area contributed by atoms with E-state index in [1.54, 1.807) is 0 Å². The maximum atomic E-state index is 10.3. The number of pyridine rings is 1. The summed E-state index contributed by atoms with van der Waals surface area (Å²) < 4.78 is 0. The molecule has 2 N–H and O–H groups in total. The van der Waals surface area contributed by atoms with Gasteiger partial charge in [0.25, 0.3) is 0 Å².